The molecule has 4 heteroatoms. The fourth-order valence-corrected chi connectivity index (χ4v) is 3.06. The van der Waals surface area contributed by atoms with Crippen molar-refractivity contribution in [3.63, 3.8) is 0 Å². The molecule has 1 saturated heterocycles. The Morgan fingerprint density at radius 1 is 1.21 bits per heavy atom. The van der Waals surface area contributed by atoms with Crippen LogP contribution in [0.15, 0.2) is 36.4 Å². The van der Waals surface area contributed by atoms with Crippen molar-refractivity contribution in [3.8, 4) is 0 Å². The molecule has 0 radical (unpaired) electrons. The molecule has 2 rings (SSSR count). The molecule has 1 amide bonds. The molecule has 1 aromatic carbocycles. The highest BCUT2D eigenvalue weighted by Crippen LogP contribution is 2.20. The van der Waals surface area contributed by atoms with Crippen LogP contribution in [-0.4, -0.2) is 44.0 Å². The quantitative estimate of drug-likeness (QED) is 0.807. The van der Waals surface area contributed by atoms with Gasteiger partial charge in [-0.25, -0.2) is 0 Å². The van der Waals surface area contributed by atoms with Gasteiger partial charge in [-0.1, -0.05) is 19.1 Å². The van der Waals surface area contributed by atoms with E-state index in [1.807, 2.05) is 25.1 Å². The van der Waals surface area contributed by atoms with E-state index in [1.54, 1.807) is 0 Å². The van der Waals surface area contributed by atoms with Crippen LogP contribution in [0.4, 0.5) is 11.4 Å². The second kappa shape index (κ2) is 9.48. The predicted octanol–water partition coefficient (Wildman–Crippen LogP) is 3.76. The normalized spacial score (nSPS) is 17.7. The van der Waals surface area contributed by atoms with Crippen molar-refractivity contribution < 1.29 is 4.79 Å². The van der Waals surface area contributed by atoms with E-state index in [-0.39, 0.29) is 11.8 Å². The molecule has 4 nitrogen and oxygen atoms in total. The van der Waals surface area contributed by atoms with Gasteiger partial charge >= 0.3 is 0 Å². The highest BCUT2D eigenvalue weighted by molar-refractivity contribution is 5.92. The van der Waals surface area contributed by atoms with Crippen LogP contribution in [0, 0.1) is 5.92 Å². The van der Waals surface area contributed by atoms with E-state index < -0.39 is 0 Å². The summed E-state index contributed by atoms with van der Waals surface area (Å²) in [6.07, 6.45) is 6.92. The zero-order chi connectivity index (χ0) is 17.4. The van der Waals surface area contributed by atoms with Gasteiger partial charge in [0.05, 0.1) is 0 Å². The lowest BCUT2D eigenvalue weighted by atomic mass is 10.0. The molecule has 1 N–H and O–H groups in total. The maximum atomic E-state index is 12.4. The summed E-state index contributed by atoms with van der Waals surface area (Å²) in [5.41, 5.74) is 2.12. The summed E-state index contributed by atoms with van der Waals surface area (Å²) in [4.78, 5) is 17.2. The van der Waals surface area contributed by atoms with E-state index in [2.05, 4.69) is 47.3 Å². The summed E-state index contributed by atoms with van der Waals surface area (Å²) >= 11 is 0. The second-order valence-electron chi connectivity index (χ2n) is 6.59. The van der Waals surface area contributed by atoms with Crippen molar-refractivity contribution in [1.82, 2.24) is 4.90 Å². The third-order valence-electron chi connectivity index (χ3n) is 4.74. The molecule has 1 atom stereocenters. The maximum Gasteiger partial charge on any atom is 0.227 e. The summed E-state index contributed by atoms with van der Waals surface area (Å²) in [5.74, 6) is 0.154. The van der Waals surface area contributed by atoms with E-state index in [9.17, 15) is 4.79 Å². The Bertz CT molecular complexity index is 538. The van der Waals surface area contributed by atoms with E-state index in [1.165, 1.54) is 12.1 Å². The minimum Gasteiger partial charge on any atom is -0.370 e. The Labute approximate surface area is 146 Å². The van der Waals surface area contributed by atoms with E-state index in [0.29, 0.717) is 0 Å². The summed E-state index contributed by atoms with van der Waals surface area (Å²) in [6, 6.07) is 8.27. The number of nitrogens with one attached hydrogen (secondary N) is 1. The number of carbonyl (C=O) groups is 1. The first-order valence-corrected chi connectivity index (χ1v) is 9.09. The topological polar surface area (TPSA) is 35.6 Å². The van der Waals surface area contributed by atoms with Crippen LogP contribution in [0.5, 0.6) is 0 Å². The van der Waals surface area contributed by atoms with Crippen LogP contribution in [0.2, 0.25) is 0 Å². The van der Waals surface area contributed by atoms with Crippen molar-refractivity contribution in [2.75, 3.05) is 43.4 Å². The SMILES string of the molecule is C/C=C/CC(CC)C(=O)Nc1ccc(N2CCCN(C)CC2)cc1. The minimum absolute atomic E-state index is 0.0435. The molecule has 1 unspecified atom stereocenters. The van der Waals surface area contributed by atoms with Gasteiger partial charge in [-0.2, -0.15) is 0 Å². The summed E-state index contributed by atoms with van der Waals surface area (Å²) < 4.78 is 0. The molecule has 1 aliphatic heterocycles. The van der Waals surface area contributed by atoms with Crippen molar-refractivity contribution in [1.29, 1.82) is 0 Å². The van der Waals surface area contributed by atoms with Gasteiger partial charge in [0.25, 0.3) is 0 Å². The Kier molecular flexibility index (Phi) is 7.32. The molecule has 0 saturated carbocycles. The van der Waals surface area contributed by atoms with Gasteiger partial charge in [0.15, 0.2) is 0 Å². The molecule has 0 aliphatic carbocycles. The van der Waals surface area contributed by atoms with Gasteiger partial charge in [0, 0.05) is 36.9 Å². The molecule has 0 aromatic heterocycles. The van der Waals surface area contributed by atoms with Crippen molar-refractivity contribution in [2.24, 2.45) is 5.92 Å². The van der Waals surface area contributed by atoms with Gasteiger partial charge in [0.2, 0.25) is 5.91 Å². The number of carbonyl (C=O) groups excluding carboxylic acids is 1. The third-order valence-corrected chi connectivity index (χ3v) is 4.74. The highest BCUT2D eigenvalue weighted by Gasteiger charge is 2.16. The maximum absolute atomic E-state index is 12.4. The monoisotopic (exact) mass is 329 g/mol. The van der Waals surface area contributed by atoms with Crippen LogP contribution >= 0.6 is 0 Å². The van der Waals surface area contributed by atoms with E-state index >= 15 is 0 Å². The number of hydrogen-bond donors (Lipinski definition) is 1. The number of likely N-dealkylation sites (N-methyl/N-ethyl adjacent to an activating group) is 1. The Morgan fingerprint density at radius 2 is 1.96 bits per heavy atom. The average molecular weight is 329 g/mol. The Balaban J connectivity index is 1.94. The standard InChI is InChI=1S/C20H31N3O/c1-4-6-8-17(5-2)20(24)21-18-9-11-19(12-10-18)23-14-7-13-22(3)15-16-23/h4,6,9-12,17H,5,7-8,13-16H2,1-3H3,(H,21,24)/b6-4+. The zero-order valence-corrected chi connectivity index (χ0v) is 15.3. The number of anilines is 2. The summed E-state index contributed by atoms with van der Waals surface area (Å²) in [7, 11) is 2.18. The molecule has 0 bridgehead atoms. The molecule has 1 aromatic rings. The first-order chi connectivity index (χ1) is 11.6. The fourth-order valence-electron chi connectivity index (χ4n) is 3.06. The third kappa shape index (κ3) is 5.38. The second-order valence-corrected chi connectivity index (χ2v) is 6.59. The smallest absolute Gasteiger partial charge is 0.227 e. The fraction of sp³-hybridized carbons (Fsp3) is 0.550. The van der Waals surface area contributed by atoms with Gasteiger partial charge in [-0.3, -0.25) is 4.79 Å². The number of rotatable bonds is 6. The summed E-state index contributed by atoms with van der Waals surface area (Å²) in [6.45, 7) is 8.47. The lowest BCUT2D eigenvalue weighted by Crippen LogP contribution is -2.28. The van der Waals surface area contributed by atoms with Gasteiger partial charge in [-0.05, 0) is 64.0 Å². The van der Waals surface area contributed by atoms with Crippen LogP contribution in [0.1, 0.15) is 33.1 Å². The first kappa shape index (κ1) is 18.5. The lowest BCUT2D eigenvalue weighted by Gasteiger charge is -2.23. The van der Waals surface area contributed by atoms with Crippen molar-refractivity contribution in [3.05, 3.63) is 36.4 Å². The number of amides is 1. The van der Waals surface area contributed by atoms with E-state index in [0.717, 1.165) is 44.7 Å². The molecular weight excluding hydrogens is 298 g/mol. The number of hydrogen-bond acceptors (Lipinski definition) is 3. The molecule has 1 heterocycles. The average Bonchev–Trinajstić information content (AvgIpc) is 2.81. The lowest BCUT2D eigenvalue weighted by molar-refractivity contribution is -0.119. The minimum atomic E-state index is 0.0435. The summed E-state index contributed by atoms with van der Waals surface area (Å²) in [5, 5.41) is 3.05. The molecule has 1 aliphatic rings. The van der Waals surface area contributed by atoms with Gasteiger partial charge < -0.3 is 15.1 Å². The first-order valence-electron chi connectivity index (χ1n) is 9.09. The molecule has 132 valence electrons. The molecular formula is C20H31N3O. The number of allylic oxidation sites excluding steroid dienone is 2. The Morgan fingerprint density at radius 3 is 2.62 bits per heavy atom. The van der Waals surface area contributed by atoms with E-state index in [4.69, 9.17) is 0 Å². The van der Waals surface area contributed by atoms with Crippen molar-refractivity contribution in [2.45, 2.75) is 33.1 Å². The van der Waals surface area contributed by atoms with Crippen LogP contribution in [0.25, 0.3) is 0 Å². The van der Waals surface area contributed by atoms with Gasteiger partial charge in [0.1, 0.15) is 0 Å². The molecule has 1 fully saturated rings. The number of benzene rings is 1. The Hall–Kier alpha value is -1.81. The zero-order valence-electron chi connectivity index (χ0n) is 15.3. The molecule has 0 spiro atoms. The van der Waals surface area contributed by atoms with Crippen LogP contribution < -0.4 is 10.2 Å². The predicted molar refractivity (Wildman–Crippen MR) is 103 cm³/mol. The van der Waals surface area contributed by atoms with Crippen LogP contribution in [-0.2, 0) is 4.79 Å². The van der Waals surface area contributed by atoms with Crippen molar-refractivity contribution >= 4 is 17.3 Å². The highest BCUT2D eigenvalue weighted by atomic mass is 16.1. The number of nitrogens with zero attached hydrogens (tertiary/aromatic N) is 2. The molecule has 24 heavy (non-hydrogen) atoms. The van der Waals surface area contributed by atoms with Crippen LogP contribution in [0.3, 0.4) is 0 Å². The van der Waals surface area contributed by atoms with Gasteiger partial charge in [-0.15, -0.1) is 0 Å². The largest absolute Gasteiger partial charge is 0.370 e.